The molecule has 0 spiro atoms. The zero-order valence-corrected chi connectivity index (χ0v) is 7.11. The standard InChI is InChI=1S/C8H11NS/c1-7-8(3-5-9-2)4-6-10-7/h4-6H,3H2,1-2H3/b9-5+. The van der Waals surface area contributed by atoms with Crippen LogP contribution in [0.3, 0.4) is 0 Å². The molecular weight excluding hydrogens is 142 g/mol. The van der Waals surface area contributed by atoms with Gasteiger partial charge in [-0.15, -0.1) is 11.3 Å². The number of hydrogen-bond acceptors (Lipinski definition) is 2. The Labute approximate surface area is 65.4 Å². The highest BCUT2D eigenvalue weighted by Gasteiger charge is 1.94. The van der Waals surface area contributed by atoms with Crippen molar-refractivity contribution in [1.29, 1.82) is 0 Å². The maximum Gasteiger partial charge on any atom is 0.0273 e. The molecule has 1 rings (SSSR count). The van der Waals surface area contributed by atoms with E-state index in [2.05, 4.69) is 23.4 Å². The lowest BCUT2D eigenvalue weighted by Crippen LogP contribution is -1.83. The summed E-state index contributed by atoms with van der Waals surface area (Å²) in [5.41, 5.74) is 1.40. The van der Waals surface area contributed by atoms with Gasteiger partial charge in [0.15, 0.2) is 0 Å². The van der Waals surface area contributed by atoms with E-state index in [1.807, 2.05) is 13.3 Å². The van der Waals surface area contributed by atoms with Crippen LogP contribution in [0.25, 0.3) is 0 Å². The van der Waals surface area contributed by atoms with Crippen LogP contribution >= 0.6 is 11.3 Å². The normalized spacial score (nSPS) is 11.0. The summed E-state index contributed by atoms with van der Waals surface area (Å²) in [5.74, 6) is 0. The molecule has 0 atom stereocenters. The predicted molar refractivity (Wildman–Crippen MR) is 47.2 cm³/mol. The lowest BCUT2D eigenvalue weighted by Gasteiger charge is -1.90. The van der Waals surface area contributed by atoms with E-state index in [1.165, 1.54) is 10.4 Å². The second-order valence-electron chi connectivity index (χ2n) is 2.15. The van der Waals surface area contributed by atoms with E-state index in [4.69, 9.17) is 0 Å². The maximum atomic E-state index is 3.93. The molecule has 0 amide bonds. The van der Waals surface area contributed by atoms with Gasteiger partial charge in [-0.05, 0) is 23.9 Å². The Morgan fingerprint density at radius 3 is 3.00 bits per heavy atom. The van der Waals surface area contributed by atoms with Crippen molar-refractivity contribution in [2.45, 2.75) is 13.3 Å². The van der Waals surface area contributed by atoms with Crippen molar-refractivity contribution in [3.05, 3.63) is 21.9 Å². The third-order valence-corrected chi connectivity index (χ3v) is 2.35. The van der Waals surface area contributed by atoms with E-state index in [0.717, 1.165) is 6.42 Å². The van der Waals surface area contributed by atoms with E-state index < -0.39 is 0 Å². The Hall–Kier alpha value is -0.630. The van der Waals surface area contributed by atoms with E-state index in [0.29, 0.717) is 0 Å². The van der Waals surface area contributed by atoms with Gasteiger partial charge in [0.1, 0.15) is 0 Å². The lowest BCUT2D eigenvalue weighted by molar-refractivity contribution is 1.31. The van der Waals surface area contributed by atoms with Crippen LogP contribution in [0.1, 0.15) is 10.4 Å². The highest BCUT2D eigenvalue weighted by Crippen LogP contribution is 2.14. The van der Waals surface area contributed by atoms with Crippen LogP contribution < -0.4 is 0 Å². The summed E-state index contributed by atoms with van der Waals surface area (Å²) in [4.78, 5) is 5.33. The molecule has 10 heavy (non-hydrogen) atoms. The van der Waals surface area contributed by atoms with Crippen molar-refractivity contribution >= 4 is 17.6 Å². The molecule has 0 saturated heterocycles. The van der Waals surface area contributed by atoms with Crippen LogP contribution in [-0.2, 0) is 6.42 Å². The fourth-order valence-electron chi connectivity index (χ4n) is 0.813. The first-order chi connectivity index (χ1) is 4.84. The van der Waals surface area contributed by atoms with Gasteiger partial charge >= 0.3 is 0 Å². The first-order valence-corrected chi connectivity index (χ1v) is 4.16. The molecule has 0 aliphatic heterocycles. The number of rotatable bonds is 2. The SMILES string of the molecule is C/N=C/Cc1ccsc1C. The number of hydrogen-bond donors (Lipinski definition) is 0. The molecule has 0 unspecified atom stereocenters. The molecule has 1 aromatic heterocycles. The van der Waals surface area contributed by atoms with Crippen LogP contribution in [0.4, 0.5) is 0 Å². The second-order valence-corrected chi connectivity index (χ2v) is 3.27. The zero-order valence-electron chi connectivity index (χ0n) is 6.29. The second kappa shape index (κ2) is 3.52. The van der Waals surface area contributed by atoms with Gasteiger partial charge in [-0.1, -0.05) is 0 Å². The van der Waals surface area contributed by atoms with Gasteiger partial charge in [0, 0.05) is 24.6 Å². The minimum absolute atomic E-state index is 0.978. The molecular formula is C8H11NS. The summed E-state index contributed by atoms with van der Waals surface area (Å²) in [5, 5.41) is 2.12. The van der Waals surface area contributed by atoms with Crippen LogP contribution in [0.5, 0.6) is 0 Å². The smallest absolute Gasteiger partial charge is 0.0273 e. The molecule has 0 bridgehead atoms. The van der Waals surface area contributed by atoms with Gasteiger partial charge in [0.2, 0.25) is 0 Å². The molecule has 0 N–H and O–H groups in total. The Bertz CT molecular complexity index is 225. The van der Waals surface area contributed by atoms with Gasteiger partial charge in [0.05, 0.1) is 0 Å². The molecule has 1 heterocycles. The van der Waals surface area contributed by atoms with E-state index in [-0.39, 0.29) is 0 Å². The highest BCUT2D eigenvalue weighted by molar-refractivity contribution is 7.10. The highest BCUT2D eigenvalue weighted by atomic mass is 32.1. The van der Waals surface area contributed by atoms with Crippen molar-refractivity contribution in [3.8, 4) is 0 Å². The Morgan fingerprint density at radius 1 is 1.70 bits per heavy atom. The lowest BCUT2D eigenvalue weighted by atomic mass is 10.2. The van der Waals surface area contributed by atoms with Gasteiger partial charge < -0.3 is 4.99 Å². The average molecular weight is 153 g/mol. The van der Waals surface area contributed by atoms with Crippen LogP contribution in [0, 0.1) is 6.92 Å². The molecule has 0 radical (unpaired) electrons. The summed E-state index contributed by atoms with van der Waals surface area (Å²) >= 11 is 1.79. The topological polar surface area (TPSA) is 12.4 Å². The molecule has 0 aliphatic rings. The first kappa shape index (κ1) is 7.48. The number of nitrogens with zero attached hydrogens (tertiary/aromatic N) is 1. The summed E-state index contributed by atoms with van der Waals surface area (Å²) in [7, 11) is 1.81. The third kappa shape index (κ3) is 1.67. The molecule has 1 aromatic rings. The summed E-state index contributed by atoms with van der Waals surface area (Å²) in [6.07, 6.45) is 2.92. The van der Waals surface area contributed by atoms with Crippen molar-refractivity contribution in [2.75, 3.05) is 7.05 Å². The van der Waals surface area contributed by atoms with Crippen molar-refractivity contribution in [3.63, 3.8) is 0 Å². The molecule has 0 aliphatic carbocycles. The van der Waals surface area contributed by atoms with Crippen LogP contribution in [0.15, 0.2) is 16.4 Å². The quantitative estimate of drug-likeness (QED) is 0.578. The monoisotopic (exact) mass is 153 g/mol. The van der Waals surface area contributed by atoms with Crippen LogP contribution in [-0.4, -0.2) is 13.3 Å². The number of thiophene rings is 1. The Morgan fingerprint density at radius 2 is 2.50 bits per heavy atom. The van der Waals surface area contributed by atoms with E-state index in [1.54, 1.807) is 11.3 Å². The Balaban J connectivity index is 2.65. The first-order valence-electron chi connectivity index (χ1n) is 3.28. The maximum absolute atomic E-state index is 3.93. The predicted octanol–water partition coefficient (Wildman–Crippen LogP) is 2.30. The van der Waals surface area contributed by atoms with Crippen molar-refractivity contribution in [2.24, 2.45) is 4.99 Å². The largest absolute Gasteiger partial charge is 0.301 e. The Kier molecular flexibility index (Phi) is 2.63. The third-order valence-electron chi connectivity index (χ3n) is 1.46. The number of aliphatic imine (C=N–C) groups is 1. The molecule has 0 aromatic carbocycles. The molecule has 54 valence electrons. The molecule has 0 saturated carbocycles. The number of aryl methyl sites for hydroxylation is 1. The van der Waals surface area contributed by atoms with Crippen molar-refractivity contribution < 1.29 is 0 Å². The van der Waals surface area contributed by atoms with E-state index in [9.17, 15) is 0 Å². The fourth-order valence-corrected chi connectivity index (χ4v) is 1.55. The fraction of sp³-hybridized carbons (Fsp3) is 0.375. The summed E-state index contributed by atoms with van der Waals surface area (Å²) in [6.45, 7) is 2.14. The minimum Gasteiger partial charge on any atom is -0.301 e. The zero-order chi connectivity index (χ0) is 7.40. The van der Waals surface area contributed by atoms with E-state index >= 15 is 0 Å². The van der Waals surface area contributed by atoms with Gasteiger partial charge in [0.25, 0.3) is 0 Å². The van der Waals surface area contributed by atoms with Gasteiger partial charge in [-0.2, -0.15) is 0 Å². The van der Waals surface area contributed by atoms with Gasteiger partial charge in [-0.25, -0.2) is 0 Å². The van der Waals surface area contributed by atoms with Crippen molar-refractivity contribution in [1.82, 2.24) is 0 Å². The summed E-state index contributed by atoms with van der Waals surface area (Å²) in [6, 6.07) is 2.15. The summed E-state index contributed by atoms with van der Waals surface area (Å²) < 4.78 is 0. The van der Waals surface area contributed by atoms with Crippen LogP contribution in [0.2, 0.25) is 0 Å². The average Bonchev–Trinajstić information content (AvgIpc) is 2.31. The minimum atomic E-state index is 0.978. The molecule has 0 fully saturated rings. The van der Waals surface area contributed by atoms with Gasteiger partial charge in [-0.3, -0.25) is 0 Å². The molecule has 2 heteroatoms. The molecule has 1 nitrogen and oxygen atoms in total.